The Labute approximate surface area is 174 Å². The number of nitrogens with one attached hydrogen (secondary N) is 2. The third-order valence-corrected chi connectivity index (χ3v) is 5.84. The molecular formula is C22H19N3O4S. The molecule has 0 aliphatic carbocycles. The third kappa shape index (κ3) is 4.18. The molecule has 0 radical (unpaired) electrons. The Morgan fingerprint density at radius 1 is 0.867 bits per heavy atom. The zero-order valence-corrected chi connectivity index (χ0v) is 16.7. The van der Waals surface area contributed by atoms with Crippen molar-refractivity contribution in [2.75, 3.05) is 23.2 Å². The van der Waals surface area contributed by atoms with Crippen molar-refractivity contribution in [3.05, 3.63) is 90.0 Å². The number of anilines is 2. The van der Waals surface area contributed by atoms with E-state index in [1.54, 1.807) is 54.6 Å². The number of hydrogen-bond donors (Lipinski definition) is 2. The van der Waals surface area contributed by atoms with Crippen LogP contribution in [0.2, 0.25) is 0 Å². The first-order valence-electron chi connectivity index (χ1n) is 9.29. The van der Waals surface area contributed by atoms with Crippen LogP contribution in [0.25, 0.3) is 0 Å². The highest BCUT2D eigenvalue weighted by molar-refractivity contribution is 7.92. The summed E-state index contributed by atoms with van der Waals surface area (Å²) in [5.41, 5.74) is 1.58. The van der Waals surface area contributed by atoms with Gasteiger partial charge in [-0.25, -0.2) is 13.4 Å². The molecule has 1 amide bonds. The lowest BCUT2D eigenvalue weighted by atomic mass is 10.1. The lowest BCUT2D eigenvalue weighted by molar-refractivity contribution is 0.102. The summed E-state index contributed by atoms with van der Waals surface area (Å²) in [7, 11) is -3.83. The van der Waals surface area contributed by atoms with E-state index in [0.29, 0.717) is 30.3 Å². The van der Waals surface area contributed by atoms with Gasteiger partial charge >= 0.3 is 0 Å². The first kappa shape index (κ1) is 19.7. The van der Waals surface area contributed by atoms with Gasteiger partial charge in [0, 0.05) is 0 Å². The van der Waals surface area contributed by atoms with Gasteiger partial charge in [0.25, 0.3) is 15.9 Å². The Kier molecular flexibility index (Phi) is 5.49. The van der Waals surface area contributed by atoms with Crippen LogP contribution < -0.4 is 10.0 Å². The minimum Gasteiger partial charge on any atom is -0.475 e. The van der Waals surface area contributed by atoms with Gasteiger partial charge in [-0.1, -0.05) is 42.5 Å². The van der Waals surface area contributed by atoms with Crippen LogP contribution in [-0.4, -0.2) is 33.4 Å². The van der Waals surface area contributed by atoms with E-state index in [9.17, 15) is 13.2 Å². The van der Waals surface area contributed by atoms with Gasteiger partial charge in [0.2, 0.25) is 5.90 Å². The summed E-state index contributed by atoms with van der Waals surface area (Å²) < 4.78 is 33.4. The quantitative estimate of drug-likeness (QED) is 0.636. The first-order chi connectivity index (χ1) is 14.5. The summed E-state index contributed by atoms with van der Waals surface area (Å²) in [6.07, 6.45) is 0. The molecule has 3 aromatic carbocycles. The Hall–Kier alpha value is -3.65. The fraction of sp³-hybridized carbons (Fsp3) is 0.0909. The molecule has 152 valence electrons. The molecule has 30 heavy (non-hydrogen) atoms. The molecular weight excluding hydrogens is 402 g/mol. The average Bonchev–Trinajstić information content (AvgIpc) is 3.29. The van der Waals surface area contributed by atoms with Crippen LogP contribution in [0.15, 0.2) is 88.8 Å². The lowest BCUT2D eigenvalue weighted by Gasteiger charge is -2.14. The van der Waals surface area contributed by atoms with Crippen LogP contribution in [0.4, 0.5) is 11.4 Å². The topological polar surface area (TPSA) is 96.9 Å². The zero-order valence-electron chi connectivity index (χ0n) is 15.9. The number of nitrogens with zero attached hydrogens (tertiary/aromatic N) is 1. The Morgan fingerprint density at radius 2 is 1.53 bits per heavy atom. The number of ether oxygens (including phenoxy) is 1. The van der Waals surface area contributed by atoms with Gasteiger partial charge in [-0.15, -0.1) is 0 Å². The maximum absolute atomic E-state index is 13.0. The number of hydrogen-bond acceptors (Lipinski definition) is 5. The minimum absolute atomic E-state index is 0.113. The van der Waals surface area contributed by atoms with E-state index in [1.807, 2.05) is 12.1 Å². The van der Waals surface area contributed by atoms with Crippen LogP contribution in [0.1, 0.15) is 15.9 Å². The Bertz CT molecular complexity index is 1210. The number of rotatable bonds is 6. The Morgan fingerprint density at radius 3 is 2.27 bits per heavy atom. The van der Waals surface area contributed by atoms with Crippen LogP contribution >= 0.6 is 0 Å². The van der Waals surface area contributed by atoms with Gasteiger partial charge < -0.3 is 10.1 Å². The second-order valence-electron chi connectivity index (χ2n) is 6.50. The van der Waals surface area contributed by atoms with Crippen molar-refractivity contribution in [2.24, 2.45) is 4.99 Å². The predicted octanol–water partition coefficient (Wildman–Crippen LogP) is 3.52. The van der Waals surface area contributed by atoms with Gasteiger partial charge in [0.15, 0.2) is 0 Å². The van der Waals surface area contributed by atoms with Gasteiger partial charge in [0.1, 0.15) is 6.61 Å². The number of carbonyl (C=O) groups excluding carboxylic acids is 1. The summed E-state index contributed by atoms with van der Waals surface area (Å²) >= 11 is 0. The van der Waals surface area contributed by atoms with Crippen LogP contribution in [0.5, 0.6) is 0 Å². The normalized spacial score (nSPS) is 13.3. The highest BCUT2D eigenvalue weighted by Gasteiger charge is 2.20. The molecule has 0 unspecified atom stereocenters. The van der Waals surface area contributed by atoms with Crippen molar-refractivity contribution in [1.29, 1.82) is 0 Å². The van der Waals surface area contributed by atoms with Gasteiger partial charge in [0.05, 0.1) is 33.9 Å². The third-order valence-electron chi connectivity index (χ3n) is 4.46. The Balaban J connectivity index is 1.61. The first-order valence-corrected chi connectivity index (χ1v) is 10.8. The molecule has 0 bridgehead atoms. The molecule has 0 aromatic heterocycles. The molecule has 1 aliphatic rings. The van der Waals surface area contributed by atoms with Gasteiger partial charge in [-0.3, -0.25) is 9.52 Å². The van der Waals surface area contributed by atoms with E-state index >= 15 is 0 Å². The number of para-hydroxylation sites is 2. The molecule has 8 heteroatoms. The monoisotopic (exact) mass is 421 g/mol. The van der Waals surface area contributed by atoms with Crippen molar-refractivity contribution < 1.29 is 17.9 Å². The summed E-state index contributed by atoms with van der Waals surface area (Å²) in [5.74, 6) is 0.0244. The summed E-state index contributed by atoms with van der Waals surface area (Å²) in [4.78, 5) is 17.4. The summed E-state index contributed by atoms with van der Waals surface area (Å²) in [5, 5.41) is 2.84. The largest absolute Gasteiger partial charge is 0.475 e. The van der Waals surface area contributed by atoms with Crippen LogP contribution in [0, 0.1) is 0 Å². The summed E-state index contributed by atoms with van der Waals surface area (Å²) in [6, 6.07) is 21.6. The van der Waals surface area contributed by atoms with Crippen molar-refractivity contribution in [1.82, 2.24) is 0 Å². The molecule has 0 saturated heterocycles. The highest BCUT2D eigenvalue weighted by atomic mass is 32.2. The van der Waals surface area contributed by atoms with E-state index in [2.05, 4.69) is 15.0 Å². The van der Waals surface area contributed by atoms with E-state index in [-0.39, 0.29) is 16.1 Å². The van der Waals surface area contributed by atoms with Crippen molar-refractivity contribution in [3.63, 3.8) is 0 Å². The van der Waals surface area contributed by atoms with Crippen LogP contribution in [-0.2, 0) is 14.8 Å². The summed E-state index contributed by atoms with van der Waals surface area (Å²) in [6.45, 7) is 1.07. The molecule has 1 heterocycles. The SMILES string of the molecule is O=C(Nc1ccccc1C1=NCCO1)c1ccccc1NS(=O)(=O)c1ccccc1. The highest BCUT2D eigenvalue weighted by Crippen LogP contribution is 2.23. The molecule has 7 nitrogen and oxygen atoms in total. The fourth-order valence-electron chi connectivity index (χ4n) is 3.04. The van der Waals surface area contributed by atoms with E-state index < -0.39 is 15.9 Å². The van der Waals surface area contributed by atoms with Crippen molar-refractivity contribution in [2.45, 2.75) is 4.90 Å². The number of benzene rings is 3. The molecule has 0 saturated carbocycles. The van der Waals surface area contributed by atoms with E-state index in [0.717, 1.165) is 0 Å². The number of aliphatic imine (C=N–C) groups is 1. The number of amides is 1. The molecule has 4 rings (SSSR count). The van der Waals surface area contributed by atoms with Crippen LogP contribution in [0.3, 0.4) is 0 Å². The van der Waals surface area contributed by atoms with Gasteiger partial charge in [-0.05, 0) is 36.4 Å². The second kappa shape index (κ2) is 8.38. The second-order valence-corrected chi connectivity index (χ2v) is 8.18. The number of sulfonamides is 1. The molecule has 0 spiro atoms. The smallest absolute Gasteiger partial charge is 0.261 e. The number of carbonyl (C=O) groups is 1. The van der Waals surface area contributed by atoms with E-state index in [1.165, 1.54) is 12.1 Å². The standard InChI is InChI=1S/C22H19N3O4S/c26-21(24-19-12-6-5-11-18(19)22-23-14-15-29-22)17-10-4-7-13-20(17)25-30(27,28)16-8-2-1-3-9-16/h1-13,25H,14-15H2,(H,24,26). The van der Waals surface area contributed by atoms with Crippen molar-refractivity contribution >= 4 is 33.2 Å². The molecule has 0 fully saturated rings. The fourth-order valence-corrected chi connectivity index (χ4v) is 4.14. The molecule has 1 aliphatic heterocycles. The maximum Gasteiger partial charge on any atom is 0.261 e. The lowest BCUT2D eigenvalue weighted by Crippen LogP contribution is -2.19. The minimum atomic E-state index is -3.83. The average molecular weight is 421 g/mol. The zero-order chi connectivity index (χ0) is 21.0. The molecule has 2 N–H and O–H groups in total. The van der Waals surface area contributed by atoms with Gasteiger partial charge in [-0.2, -0.15) is 0 Å². The van der Waals surface area contributed by atoms with E-state index in [4.69, 9.17) is 4.74 Å². The molecule has 0 atom stereocenters. The molecule has 3 aromatic rings. The predicted molar refractivity (Wildman–Crippen MR) is 115 cm³/mol. The van der Waals surface area contributed by atoms with Crippen molar-refractivity contribution in [3.8, 4) is 0 Å². The maximum atomic E-state index is 13.0.